The van der Waals surface area contributed by atoms with Gasteiger partial charge < -0.3 is 15.0 Å². The van der Waals surface area contributed by atoms with Gasteiger partial charge in [-0.2, -0.15) is 0 Å². The summed E-state index contributed by atoms with van der Waals surface area (Å²) in [5.74, 6) is 0.545. The van der Waals surface area contributed by atoms with E-state index >= 15 is 0 Å². The first kappa shape index (κ1) is 21.9. The van der Waals surface area contributed by atoms with Crippen LogP contribution in [-0.4, -0.2) is 36.4 Å². The molecule has 1 saturated heterocycles. The van der Waals surface area contributed by atoms with Crippen LogP contribution in [0.5, 0.6) is 5.75 Å². The maximum atomic E-state index is 13.3. The number of amides is 2. The highest BCUT2D eigenvalue weighted by Gasteiger charge is 2.29. The van der Waals surface area contributed by atoms with Gasteiger partial charge in [-0.1, -0.05) is 43.3 Å². The zero-order valence-corrected chi connectivity index (χ0v) is 18.8. The molecular weight excluding hydrogens is 400 g/mol. The molecular formula is C27H30N2O3. The number of carbonyl (C=O) groups excluding carboxylic acids is 2. The van der Waals surface area contributed by atoms with E-state index in [4.69, 9.17) is 4.74 Å². The molecule has 2 amide bonds. The fourth-order valence-electron chi connectivity index (χ4n) is 4.28. The van der Waals surface area contributed by atoms with Crippen LogP contribution in [0.2, 0.25) is 0 Å². The van der Waals surface area contributed by atoms with Crippen LogP contribution in [0.1, 0.15) is 42.1 Å². The van der Waals surface area contributed by atoms with Crippen molar-refractivity contribution in [2.75, 3.05) is 25.0 Å². The van der Waals surface area contributed by atoms with Gasteiger partial charge in [0, 0.05) is 24.3 Å². The van der Waals surface area contributed by atoms with Crippen molar-refractivity contribution in [1.82, 2.24) is 4.90 Å². The second kappa shape index (κ2) is 9.86. The number of nitrogens with zero attached hydrogens (tertiary/aromatic N) is 1. The summed E-state index contributed by atoms with van der Waals surface area (Å²) in [5, 5.41) is 5.06. The van der Waals surface area contributed by atoms with Crippen LogP contribution in [0.4, 0.5) is 5.69 Å². The molecule has 3 aromatic rings. The Kier molecular flexibility index (Phi) is 6.74. The minimum atomic E-state index is -0.224. The third kappa shape index (κ3) is 4.77. The molecule has 0 bridgehead atoms. The van der Waals surface area contributed by atoms with E-state index in [0.717, 1.165) is 47.0 Å². The smallest absolute Gasteiger partial charge is 0.254 e. The van der Waals surface area contributed by atoms with E-state index in [-0.39, 0.29) is 17.7 Å². The molecule has 4 rings (SSSR count). The number of aryl methyl sites for hydroxylation is 1. The topological polar surface area (TPSA) is 58.6 Å². The number of hydrogen-bond acceptors (Lipinski definition) is 3. The third-order valence-corrected chi connectivity index (χ3v) is 6.03. The van der Waals surface area contributed by atoms with Crippen LogP contribution in [0.15, 0.2) is 60.7 Å². The molecule has 1 aliphatic heterocycles. The molecule has 0 spiro atoms. The van der Waals surface area contributed by atoms with Gasteiger partial charge in [0.05, 0.1) is 12.5 Å². The van der Waals surface area contributed by atoms with Crippen LogP contribution in [0.25, 0.3) is 10.8 Å². The summed E-state index contributed by atoms with van der Waals surface area (Å²) in [7, 11) is 0. The first-order chi connectivity index (χ1) is 15.6. The Hall–Kier alpha value is -3.34. The van der Waals surface area contributed by atoms with Crippen LogP contribution < -0.4 is 10.1 Å². The van der Waals surface area contributed by atoms with Crippen molar-refractivity contribution in [2.24, 2.45) is 5.92 Å². The average Bonchev–Trinajstić information content (AvgIpc) is 2.83. The maximum absolute atomic E-state index is 13.3. The van der Waals surface area contributed by atoms with Crippen LogP contribution in [-0.2, 0) is 4.79 Å². The summed E-state index contributed by atoms with van der Waals surface area (Å²) in [6, 6.07) is 19.4. The Morgan fingerprint density at radius 3 is 2.72 bits per heavy atom. The Bertz CT molecular complexity index is 1120. The molecule has 0 aliphatic carbocycles. The third-order valence-electron chi connectivity index (χ3n) is 6.03. The number of anilines is 1. The molecule has 166 valence electrons. The number of rotatable bonds is 6. The van der Waals surface area contributed by atoms with Crippen molar-refractivity contribution in [3.8, 4) is 5.75 Å². The molecule has 0 saturated carbocycles. The maximum Gasteiger partial charge on any atom is 0.254 e. The second-order valence-corrected chi connectivity index (χ2v) is 8.43. The predicted molar refractivity (Wildman–Crippen MR) is 128 cm³/mol. The van der Waals surface area contributed by atoms with Crippen LogP contribution >= 0.6 is 0 Å². The van der Waals surface area contributed by atoms with E-state index in [1.807, 2.05) is 72.5 Å². The lowest BCUT2D eigenvalue weighted by Gasteiger charge is -2.32. The van der Waals surface area contributed by atoms with Crippen molar-refractivity contribution in [2.45, 2.75) is 33.1 Å². The fourth-order valence-corrected chi connectivity index (χ4v) is 4.28. The minimum Gasteiger partial charge on any atom is -0.494 e. The summed E-state index contributed by atoms with van der Waals surface area (Å²) in [4.78, 5) is 28.1. The number of carbonyl (C=O) groups is 2. The van der Waals surface area contributed by atoms with Crippen LogP contribution in [0, 0.1) is 12.8 Å². The Morgan fingerprint density at radius 1 is 1.09 bits per heavy atom. The molecule has 1 N–H and O–H groups in total. The zero-order valence-electron chi connectivity index (χ0n) is 18.8. The molecule has 1 aliphatic rings. The van der Waals surface area contributed by atoms with Gasteiger partial charge in [-0.05, 0) is 66.8 Å². The van der Waals surface area contributed by atoms with Crippen molar-refractivity contribution in [3.05, 3.63) is 71.8 Å². The number of hydrogen-bond donors (Lipinski definition) is 1. The number of fused-ring (bicyclic) bond motifs is 1. The van der Waals surface area contributed by atoms with Gasteiger partial charge in [0.25, 0.3) is 5.91 Å². The molecule has 1 fully saturated rings. The molecule has 0 radical (unpaired) electrons. The lowest BCUT2D eigenvalue weighted by atomic mass is 9.95. The molecule has 1 heterocycles. The van der Waals surface area contributed by atoms with Crippen molar-refractivity contribution >= 4 is 28.3 Å². The molecule has 0 aromatic heterocycles. The molecule has 5 nitrogen and oxygen atoms in total. The van der Waals surface area contributed by atoms with E-state index in [9.17, 15) is 9.59 Å². The largest absolute Gasteiger partial charge is 0.494 e. The average molecular weight is 431 g/mol. The number of benzene rings is 3. The summed E-state index contributed by atoms with van der Waals surface area (Å²) < 4.78 is 5.67. The van der Waals surface area contributed by atoms with E-state index < -0.39 is 0 Å². The fraction of sp³-hybridized carbons (Fsp3) is 0.333. The first-order valence-electron chi connectivity index (χ1n) is 11.4. The Labute approximate surface area is 189 Å². The molecule has 5 heteroatoms. The second-order valence-electron chi connectivity index (χ2n) is 8.43. The molecule has 32 heavy (non-hydrogen) atoms. The molecule has 1 unspecified atom stereocenters. The number of likely N-dealkylation sites (tertiary alicyclic amines) is 1. The molecule has 3 aromatic carbocycles. The standard InChI is InChI=1S/C27H30N2O3/c1-3-16-32-22-13-14-25(19(2)17-22)28-26(30)21-10-7-15-29(18-21)27(31)24-12-6-9-20-8-4-5-11-23(20)24/h4-6,8-9,11-14,17,21H,3,7,10,15-16,18H2,1-2H3,(H,28,30). The monoisotopic (exact) mass is 430 g/mol. The number of ether oxygens (including phenoxy) is 1. The highest BCUT2D eigenvalue weighted by molar-refractivity contribution is 6.07. The van der Waals surface area contributed by atoms with Gasteiger partial charge in [0.2, 0.25) is 5.91 Å². The van der Waals surface area contributed by atoms with Crippen LogP contribution in [0.3, 0.4) is 0 Å². The van der Waals surface area contributed by atoms with E-state index in [1.54, 1.807) is 0 Å². The van der Waals surface area contributed by atoms with Gasteiger partial charge in [-0.25, -0.2) is 0 Å². The summed E-state index contributed by atoms with van der Waals surface area (Å²) >= 11 is 0. The van der Waals surface area contributed by atoms with Crippen molar-refractivity contribution in [1.29, 1.82) is 0 Å². The molecule has 1 atom stereocenters. The van der Waals surface area contributed by atoms with Gasteiger partial charge in [0.1, 0.15) is 5.75 Å². The zero-order chi connectivity index (χ0) is 22.5. The summed E-state index contributed by atoms with van der Waals surface area (Å²) in [6.45, 7) is 5.82. The van der Waals surface area contributed by atoms with Gasteiger partial charge >= 0.3 is 0 Å². The normalized spacial score (nSPS) is 16.1. The SMILES string of the molecule is CCCOc1ccc(NC(=O)C2CCCN(C(=O)c3cccc4ccccc34)C2)c(C)c1. The first-order valence-corrected chi connectivity index (χ1v) is 11.4. The number of nitrogens with one attached hydrogen (secondary N) is 1. The lowest BCUT2D eigenvalue weighted by Crippen LogP contribution is -2.43. The van der Waals surface area contributed by atoms with Crippen molar-refractivity contribution < 1.29 is 14.3 Å². The number of piperidine rings is 1. The lowest BCUT2D eigenvalue weighted by molar-refractivity contribution is -0.121. The Morgan fingerprint density at radius 2 is 1.91 bits per heavy atom. The summed E-state index contributed by atoms with van der Waals surface area (Å²) in [5.41, 5.74) is 2.45. The highest BCUT2D eigenvalue weighted by Crippen LogP contribution is 2.26. The van der Waals surface area contributed by atoms with Gasteiger partial charge in [0.15, 0.2) is 0 Å². The van der Waals surface area contributed by atoms with E-state index in [2.05, 4.69) is 12.2 Å². The minimum absolute atomic E-state index is 0.00657. The predicted octanol–water partition coefficient (Wildman–Crippen LogP) is 5.43. The quantitative estimate of drug-likeness (QED) is 0.567. The Balaban J connectivity index is 1.44. The highest BCUT2D eigenvalue weighted by atomic mass is 16.5. The van der Waals surface area contributed by atoms with E-state index in [0.29, 0.717) is 25.3 Å². The van der Waals surface area contributed by atoms with E-state index in [1.165, 1.54) is 0 Å². The van der Waals surface area contributed by atoms with Gasteiger partial charge in [-0.15, -0.1) is 0 Å². The van der Waals surface area contributed by atoms with Crippen molar-refractivity contribution in [3.63, 3.8) is 0 Å². The van der Waals surface area contributed by atoms with Gasteiger partial charge in [-0.3, -0.25) is 9.59 Å². The summed E-state index contributed by atoms with van der Waals surface area (Å²) in [6.07, 6.45) is 2.55.